The molecule has 0 fully saturated rings. The van der Waals surface area contributed by atoms with Crippen molar-refractivity contribution in [1.82, 2.24) is 0 Å². The predicted octanol–water partition coefficient (Wildman–Crippen LogP) is 1.41. The van der Waals surface area contributed by atoms with E-state index in [1.54, 1.807) is 22.3 Å². The van der Waals surface area contributed by atoms with E-state index >= 15 is 0 Å². The summed E-state index contributed by atoms with van der Waals surface area (Å²) in [5.74, 6) is 1.39. The Labute approximate surface area is 202 Å². The molecule has 0 N–H and O–H groups in total. The van der Waals surface area contributed by atoms with Crippen LogP contribution in [-0.4, -0.2) is 4.21 Å². The maximum atomic E-state index is 4.93. The molecule has 2 aliphatic rings. The van der Waals surface area contributed by atoms with E-state index in [0.29, 0.717) is 19.1 Å². The second-order valence-corrected chi connectivity index (χ2v) is 15.2. The van der Waals surface area contributed by atoms with Crippen LogP contribution in [0.4, 0.5) is 0 Å². The van der Waals surface area contributed by atoms with Crippen LogP contribution in [0.15, 0.2) is 60.7 Å². The summed E-state index contributed by atoms with van der Waals surface area (Å²) in [5, 5.41) is 0. The van der Waals surface area contributed by atoms with Crippen molar-refractivity contribution in [1.29, 1.82) is 0 Å². The Bertz CT molecular complexity index is 891. The van der Waals surface area contributed by atoms with Crippen molar-refractivity contribution in [2.24, 2.45) is 11.8 Å². The average molecular weight is 519 g/mol. The van der Waals surface area contributed by atoms with E-state index in [2.05, 4.69) is 88.4 Å². The summed E-state index contributed by atoms with van der Waals surface area (Å²) in [5.41, 5.74) is 9.25. The third-order valence-corrected chi connectivity index (χ3v) is 12.4. The molecule has 158 valence electrons. The van der Waals surface area contributed by atoms with E-state index in [4.69, 9.17) is 4.21 Å². The summed E-state index contributed by atoms with van der Waals surface area (Å²) in [6, 6.07) is 18.3. The number of halogens is 2. The number of rotatable bonds is 6. The van der Waals surface area contributed by atoms with Gasteiger partial charge in [0, 0.05) is 0 Å². The fourth-order valence-electron chi connectivity index (χ4n) is 4.93. The molecular weight excluding hydrogens is 486 g/mol. The van der Waals surface area contributed by atoms with Crippen LogP contribution in [0.2, 0.25) is 0 Å². The minimum atomic E-state index is -2.05. The molecule has 0 heterocycles. The molecule has 30 heavy (non-hydrogen) atoms. The van der Waals surface area contributed by atoms with Crippen molar-refractivity contribution >= 4 is 15.4 Å². The van der Waals surface area contributed by atoms with Gasteiger partial charge in [0.15, 0.2) is 0 Å². The first-order valence-electron chi connectivity index (χ1n) is 10.7. The van der Waals surface area contributed by atoms with Crippen LogP contribution in [0.5, 0.6) is 0 Å². The van der Waals surface area contributed by atoms with Crippen LogP contribution in [0, 0.1) is 11.8 Å². The molecule has 0 radical (unpaired) electrons. The van der Waals surface area contributed by atoms with E-state index in [9.17, 15) is 0 Å². The number of fused-ring (bicyclic) bond motifs is 2. The van der Waals surface area contributed by atoms with Gasteiger partial charge in [-0.1, -0.05) is 0 Å². The second-order valence-electron chi connectivity index (χ2n) is 9.28. The quantitative estimate of drug-likeness (QED) is 0.543. The first kappa shape index (κ1) is 25.5. The maximum absolute atomic E-state index is 4.93. The van der Waals surface area contributed by atoms with Gasteiger partial charge >= 0.3 is 179 Å². The van der Waals surface area contributed by atoms with Gasteiger partial charge in [0.25, 0.3) is 0 Å². The summed E-state index contributed by atoms with van der Waals surface area (Å²) < 4.78 is 6.13. The average Bonchev–Trinajstić information content (AvgIpc) is 3.20. The van der Waals surface area contributed by atoms with Gasteiger partial charge in [0.2, 0.25) is 0 Å². The monoisotopic (exact) mass is 516 g/mol. The van der Waals surface area contributed by atoms with E-state index in [1.165, 1.54) is 24.0 Å². The fraction of sp³-hybridized carbons (Fsp3) is 0.370. The van der Waals surface area contributed by atoms with E-state index in [1.807, 2.05) is 0 Å². The normalized spacial score (nSPS) is 18.6. The summed E-state index contributed by atoms with van der Waals surface area (Å²) in [7, 11) is 0. The van der Waals surface area contributed by atoms with Gasteiger partial charge in [-0.2, -0.15) is 0 Å². The zero-order valence-electron chi connectivity index (χ0n) is 18.5. The van der Waals surface area contributed by atoms with E-state index in [-0.39, 0.29) is 24.8 Å². The van der Waals surface area contributed by atoms with Gasteiger partial charge in [0.05, 0.1) is 0 Å². The second kappa shape index (κ2) is 10.7. The van der Waals surface area contributed by atoms with Crippen LogP contribution in [-0.2, 0) is 21.3 Å². The van der Waals surface area contributed by atoms with Gasteiger partial charge < -0.3 is 24.8 Å². The van der Waals surface area contributed by atoms with Gasteiger partial charge in [-0.05, 0) is 0 Å². The van der Waals surface area contributed by atoms with Crippen LogP contribution in [0.25, 0.3) is 11.1 Å². The van der Waals surface area contributed by atoms with Gasteiger partial charge in [-0.3, -0.25) is 0 Å². The zero-order chi connectivity index (χ0) is 19.8. The summed E-state index contributed by atoms with van der Waals surface area (Å²) >= 11 is -2.05. The standard InChI is InChI=1S/2C13H15.CH2.2ClH.Zr/c2*1-10(2)9-12-8-7-11-5-3-4-6-13(11)12;;;;/h2*3-8,10H,9H2,1-2H3;1H2;2*1H;/q;;;;;+2/p-2. The smallest absolute Gasteiger partial charge is 1.00 e. The molecule has 2 aliphatic carbocycles. The summed E-state index contributed by atoms with van der Waals surface area (Å²) in [6.45, 7) is 9.31. The number of benzene rings is 2. The van der Waals surface area contributed by atoms with Gasteiger partial charge in [-0.25, -0.2) is 0 Å². The van der Waals surface area contributed by atoms with Crippen molar-refractivity contribution in [3.63, 3.8) is 0 Å². The van der Waals surface area contributed by atoms with Crippen molar-refractivity contribution in [2.45, 2.75) is 47.8 Å². The molecule has 0 spiro atoms. The minimum Gasteiger partial charge on any atom is -1.00 e. The molecule has 2 aromatic rings. The Balaban J connectivity index is 0.00000160. The van der Waals surface area contributed by atoms with Crippen molar-refractivity contribution in [3.05, 3.63) is 82.9 Å². The molecule has 0 nitrogen and oxygen atoms in total. The number of allylic oxidation sites excluding steroid dienone is 4. The fourth-order valence-corrected chi connectivity index (χ4v) is 11.1. The Morgan fingerprint density at radius 3 is 1.43 bits per heavy atom. The summed E-state index contributed by atoms with van der Waals surface area (Å²) in [4.78, 5) is 0. The molecular formula is C27H32Cl2Zr. The van der Waals surface area contributed by atoms with Crippen LogP contribution in [0.3, 0.4) is 0 Å². The maximum Gasteiger partial charge on any atom is -1.00 e. The molecule has 0 aromatic heterocycles. The number of hydrogen-bond acceptors (Lipinski definition) is 0. The SMILES string of the molecule is [CH2]=[Zr+2]([CH]1C=C(CC(C)C)c2ccccc21)[CH]1C=C(CC(C)C)c2ccccc21.[Cl-].[Cl-]. The third-order valence-electron chi connectivity index (χ3n) is 6.07. The molecule has 0 amide bonds. The Morgan fingerprint density at radius 2 is 1.07 bits per heavy atom. The number of hydrogen-bond donors (Lipinski definition) is 0. The molecule has 0 bridgehead atoms. The van der Waals surface area contributed by atoms with E-state index in [0.717, 1.165) is 0 Å². The van der Waals surface area contributed by atoms with Crippen LogP contribution in [0.1, 0.15) is 70.0 Å². The Morgan fingerprint density at radius 1 is 0.700 bits per heavy atom. The Kier molecular flexibility index (Phi) is 9.11. The molecule has 4 rings (SSSR count). The molecule has 2 unspecified atom stereocenters. The zero-order valence-corrected chi connectivity index (χ0v) is 22.4. The van der Waals surface area contributed by atoms with Gasteiger partial charge in [0.1, 0.15) is 0 Å². The van der Waals surface area contributed by atoms with Crippen molar-refractivity contribution in [2.75, 3.05) is 0 Å². The van der Waals surface area contributed by atoms with Gasteiger partial charge in [-0.15, -0.1) is 0 Å². The predicted molar refractivity (Wildman–Crippen MR) is 120 cm³/mol. The molecule has 2 aromatic carbocycles. The van der Waals surface area contributed by atoms with Crippen molar-refractivity contribution < 1.29 is 46.1 Å². The first-order valence-corrected chi connectivity index (χ1v) is 15.3. The van der Waals surface area contributed by atoms with Crippen molar-refractivity contribution in [3.8, 4) is 0 Å². The summed E-state index contributed by atoms with van der Waals surface area (Å²) in [6.07, 6.45) is 7.59. The van der Waals surface area contributed by atoms with Crippen LogP contribution < -0.4 is 24.8 Å². The molecule has 0 aliphatic heterocycles. The molecule has 3 heteroatoms. The first-order chi connectivity index (χ1) is 13.5. The molecule has 2 atom stereocenters. The van der Waals surface area contributed by atoms with E-state index < -0.39 is 21.3 Å². The Hall–Kier alpha value is -0.747. The largest absolute Gasteiger partial charge is 1.00 e. The molecule has 0 saturated carbocycles. The molecule has 0 saturated heterocycles. The topological polar surface area (TPSA) is 0 Å². The van der Waals surface area contributed by atoms with Crippen LogP contribution >= 0.6 is 0 Å². The third kappa shape index (κ3) is 5.01. The minimum absolute atomic E-state index is 0.